The van der Waals surface area contributed by atoms with Gasteiger partial charge in [-0.1, -0.05) is 30.5 Å². The number of nitrogens with one attached hydrogen (secondary N) is 2. The first-order chi connectivity index (χ1) is 17.0. The van der Waals surface area contributed by atoms with Gasteiger partial charge in [-0.2, -0.15) is 0 Å². The number of pyridine rings is 1. The number of carbonyl (C=O) groups is 1. The number of halogens is 1. The molecule has 1 aromatic carbocycles. The van der Waals surface area contributed by atoms with Crippen LogP contribution in [0.2, 0.25) is 5.02 Å². The number of rotatable bonds is 7. The number of anilines is 2. The van der Waals surface area contributed by atoms with Crippen molar-refractivity contribution < 1.29 is 9.53 Å². The highest BCUT2D eigenvalue weighted by atomic mass is 35.5. The van der Waals surface area contributed by atoms with E-state index in [1.54, 1.807) is 12.3 Å². The number of benzene rings is 1. The third kappa shape index (κ3) is 4.91. The minimum absolute atomic E-state index is 0.0377. The average Bonchev–Trinajstić information content (AvgIpc) is 3.61. The molecule has 2 aliphatic rings. The van der Waals surface area contributed by atoms with Crippen molar-refractivity contribution in [2.24, 2.45) is 0 Å². The summed E-state index contributed by atoms with van der Waals surface area (Å²) in [6.07, 6.45) is 11.2. The average molecular weight is 510 g/mol. The maximum atomic E-state index is 12.0. The highest BCUT2D eigenvalue weighted by molar-refractivity contribution is 7.80. The van der Waals surface area contributed by atoms with E-state index in [9.17, 15) is 4.79 Å². The molecule has 3 heterocycles. The summed E-state index contributed by atoms with van der Waals surface area (Å²) in [4.78, 5) is 18.7. The number of hydrogen-bond acceptors (Lipinski definition) is 4. The molecule has 1 amide bonds. The molecule has 182 valence electrons. The van der Waals surface area contributed by atoms with E-state index in [4.69, 9.17) is 28.6 Å². The molecule has 0 bridgehead atoms. The lowest BCUT2D eigenvalue weighted by Gasteiger charge is -2.28. The minimum Gasteiger partial charge on any atom is -0.375 e. The second-order valence-corrected chi connectivity index (χ2v) is 9.77. The lowest BCUT2D eigenvalue weighted by Crippen LogP contribution is -2.29. The monoisotopic (exact) mass is 509 g/mol. The van der Waals surface area contributed by atoms with Gasteiger partial charge in [0.15, 0.2) is 5.11 Å². The fraction of sp³-hybridized carbons (Fsp3) is 0.346. The number of aromatic nitrogens is 2. The van der Waals surface area contributed by atoms with Gasteiger partial charge in [0.05, 0.1) is 28.5 Å². The van der Waals surface area contributed by atoms with E-state index >= 15 is 0 Å². The molecular formula is C26H28ClN5O2S. The van der Waals surface area contributed by atoms with Crippen LogP contribution in [-0.2, 0) is 9.53 Å². The zero-order valence-electron chi connectivity index (χ0n) is 19.5. The summed E-state index contributed by atoms with van der Waals surface area (Å²) < 4.78 is 7.24. The Morgan fingerprint density at radius 3 is 2.80 bits per heavy atom. The van der Waals surface area contributed by atoms with Crippen LogP contribution in [0.3, 0.4) is 0 Å². The summed E-state index contributed by atoms with van der Waals surface area (Å²) in [6.45, 7) is -0.0377. The highest BCUT2D eigenvalue weighted by Gasteiger charge is 2.41. The SMILES string of the molecule is COCC(=O)Nc1ccc(N2C(=S)N[C@H](c3ccccn3)[C@H]2c2ccn(C3CCCC3)c2)cc1Cl. The van der Waals surface area contributed by atoms with Gasteiger partial charge in [-0.25, -0.2) is 0 Å². The van der Waals surface area contributed by atoms with Crippen LogP contribution >= 0.6 is 23.8 Å². The summed E-state index contributed by atoms with van der Waals surface area (Å²) in [5.41, 5.74) is 3.45. The van der Waals surface area contributed by atoms with Crippen molar-refractivity contribution in [3.63, 3.8) is 0 Å². The van der Waals surface area contributed by atoms with E-state index in [2.05, 4.69) is 43.5 Å². The van der Waals surface area contributed by atoms with Crippen LogP contribution < -0.4 is 15.5 Å². The van der Waals surface area contributed by atoms with Crippen LogP contribution in [0.4, 0.5) is 11.4 Å². The number of thiocarbonyl (C=S) groups is 1. The lowest BCUT2D eigenvalue weighted by molar-refractivity contribution is -0.119. The van der Waals surface area contributed by atoms with Crippen LogP contribution in [-0.4, -0.2) is 34.3 Å². The van der Waals surface area contributed by atoms with Crippen LogP contribution in [0.15, 0.2) is 61.1 Å². The first kappa shape index (κ1) is 23.8. The molecule has 0 radical (unpaired) electrons. The zero-order valence-corrected chi connectivity index (χ0v) is 21.1. The van der Waals surface area contributed by atoms with Gasteiger partial charge in [-0.3, -0.25) is 9.78 Å². The number of carbonyl (C=O) groups excluding carboxylic acids is 1. The number of hydrogen-bond donors (Lipinski definition) is 2. The molecule has 1 saturated carbocycles. The molecule has 35 heavy (non-hydrogen) atoms. The van der Waals surface area contributed by atoms with Gasteiger partial charge in [0, 0.05) is 37.4 Å². The van der Waals surface area contributed by atoms with E-state index in [1.165, 1.54) is 32.8 Å². The maximum Gasteiger partial charge on any atom is 0.250 e. The third-order valence-corrected chi connectivity index (χ3v) is 7.33. The van der Waals surface area contributed by atoms with Crippen LogP contribution in [0.5, 0.6) is 0 Å². The van der Waals surface area contributed by atoms with Gasteiger partial charge in [-0.15, -0.1) is 0 Å². The van der Waals surface area contributed by atoms with Gasteiger partial charge >= 0.3 is 0 Å². The summed E-state index contributed by atoms with van der Waals surface area (Å²) in [6, 6.07) is 14.0. The quantitative estimate of drug-likeness (QED) is 0.415. The highest BCUT2D eigenvalue weighted by Crippen LogP contribution is 2.43. The second-order valence-electron chi connectivity index (χ2n) is 8.97. The van der Waals surface area contributed by atoms with Gasteiger partial charge < -0.3 is 24.8 Å². The molecule has 0 spiro atoms. The van der Waals surface area contributed by atoms with Crippen molar-refractivity contribution in [2.75, 3.05) is 23.9 Å². The molecule has 3 aromatic rings. The van der Waals surface area contributed by atoms with E-state index in [-0.39, 0.29) is 24.6 Å². The first-order valence-corrected chi connectivity index (χ1v) is 12.6. The summed E-state index contributed by atoms with van der Waals surface area (Å²) >= 11 is 12.4. The summed E-state index contributed by atoms with van der Waals surface area (Å²) in [5, 5.41) is 7.29. The molecule has 2 N–H and O–H groups in total. The minimum atomic E-state index is -0.262. The molecule has 5 rings (SSSR count). The Balaban J connectivity index is 1.50. The molecule has 1 saturated heterocycles. The second kappa shape index (κ2) is 10.4. The standard InChI is InChI=1S/C26H28ClN5O2S/c1-34-16-23(33)29-21-10-9-19(14-20(21)27)32-25(17-11-13-31(15-17)18-6-2-3-7-18)24(30-26(32)35)22-8-4-5-12-28-22/h4-5,8-15,18,24-25H,2-3,6-7,16H2,1H3,(H,29,33)(H,30,35)/t24-,25-/m1/s1. The predicted octanol–water partition coefficient (Wildman–Crippen LogP) is 5.41. The van der Waals surface area contributed by atoms with Gasteiger partial charge in [0.2, 0.25) is 5.91 Å². The number of amides is 1. The zero-order chi connectivity index (χ0) is 24.4. The summed E-state index contributed by atoms with van der Waals surface area (Å²) in [7, 11) is 1.48. The van der Waals surface area contributed by atoms with Crippen molar-refractivity contribution in [3.05, 3.63) is 77.3 Å². The number of ether oxygens (including phenoxy) is 1. The third-order valence-electron chi connectivity index (χ3n) is 6.70. The molecule has 9 heteroatoms. The van der Waals surface area contributed by atoms with Crippen molar-refractivity contribution >= 4 is 46.2 Å². The van der Waals surface area contributed by atoms with E-state index in [0.29, 0.717) is 21.9 Å². The Bertz CT molecular complexity index is 1210. The topological polar surface area (TPSA) is 71.4 Å². The maximum absolute atomic E-state index is 12.0. The molecular weight excluding hydrogens is 482 g/mol. The fourth-order valence-electron chi connectivity index (χ4n) is 5.08. The lowest BCUT2D eigenvalue weighted by atomic mass is 9.98. The van der Waals surface area contributed by atoms with Gasteiger partial charge in [0.1, 0.15) is 6.61 Å². The molecule has 2 fully saturated rings. The first-order valence-electron chi connectivity index (χ1n) is 11.8. The largest absolute Gasteiger partial charge is 0.375 e. The van der Waals surface area contributed by atoms with Crippen molar-refractivity contribution in [1.29, 1.82) is 0 Å². The predicted molar refractivity (Wildman–Crippen MR) is 142 cm³/mol. The van der Waals surface area contributed by atoms with Gasteiger partial charge in [-0.05, 0) is 67.0 Å². The Hall–Kier alpha value is -2.94. The van der Waals surface area contributed by atoms with E-state index in [0.717, 1.165) is 16.9 Å². The van der Waals surface area contributed by atoms with Crippen molar-refractivity contribution in [2.45, 2.75) is 43.8 Å². The Labute approximate surface area is 215 Å². The Kier molecular flexibility index (Phi) is 7.04. The van der Waals surface area contributed by atoms with Crippen molar-refractivity contribution in [3.8, 4) is 0 Å². The molecule has 2 atom stereocenters. The van der Waals surface area contributed by atoms with Crippen LogP contribution in [0.1, 0.15) is 55.1 Å². The molecule has 2 aromatic heterocycles. The Morgan fingerprint density at radius 1 is 1.26 bits per heavy atom. The van der Waals surface area contributed by atoms with Crippen LogP contribution in [0, 0.1) is 0 Å². The Morgan fingerprint density at radius 2 is 2.09 bits per heavy atom. The van der Waals surface area contributed by atoms with Gasteiger partial charge in [0.25, 0.3) is 0 Å². The molecule has 0 unspecified atom stereocenters. The molecule has 1 aliphatic heterocycles. The van der Waals surface area contributed by atoms with Crippen LogP contribution in [0.25, 0.3) is 0 Å². The number of nitrogens with zero attached hydrogens (tertiary/aromatic N) is 3. The number of methoxy groups -OCH3 is 1. The van der Waals surface area contributed by atoms with E-state index in [1.807, 2.05) is 30.3 Å². The fourth-order valence-corrected chi connectivity index (χ4v) is 5.65. The smallest absolute Gasteiger partial charge is 0.250 e. The molecule has 7 nitrogen and oxygen atoms in total. The van der Waals surface area contributed by atoms with Crippen molar-refractivity contribution in [1.82, 2.24) is 14.9 Å². The normalized spacial score (nSPS) is 20.3. The molecule has 1 aliphatic carbocycles. The van der Waals surface area contributed by atoms with E-state index < -0.39 is 0 Å². The summed E-state index contributed by atoms with van der Waals surface area (Å²) in [5.74, 6) is -0.262.